The van der Waals surface area contributed by atoms with E-state index < -0.39 is 0 Å². The molecule has 3 rings (SSSR count). The molecule has 0 saturated heterocycles. The van der Waals surface area contributed by atoms with Crippen LogP contribution in [0.15, 0.2) is 59.5 Å². The maximum absolute atomic E-state index is 12.2. The molecule has 0 bridgehead atoms. The van der Waals surface area contributed by atoms with Crippen molar-refractivity contribution in [3.8, 4) is 0 Å². The lowest BCUT2D eigenvalue weighted by atomic mass is 10.0. The van der Waals surface area contributed by atoms with Crippen LogP contribution in [0, 0.1) is 0 Å². The third-order valence-corrected chi connectivity index (χ3v) is 2.67. The molecule has 0 spiro atoms. The van der Waals surface area contributed by atoms with Crippen LogP contribution in [-0.2, 0) is 0 Å². The lowest BCUT2D eigenvalue weighted by Crippen LogP contribution is -2.00. The molecule has 0 atom stereocenters. The van der Waals surface area contributed by atoms with Crippen molar-refractivity contribution in [1.82, 2.24) is 4.98 Å². The van der Waals surface area contributed by atoms with E-state index >= 15 is 0 Å². The standard InChI is InChI=1S/C14H9NO2/c16-14(10-6-8-17-9-10)12-3-1-5-13-11(12)4-2-7-15-13/h1-9H. The Balaban J connectivity index is 2.21. The minimum Gasteiger partial charge on any atom is -0.472 e. The lowest BCUT2D eigenvalue weighted by Gasteiger charge is -2.03. The molecule has 2 aromatic heterocycles. The number of fused-ring (bicyclic) bond motifs is 1. The second-order valence-electron chi connectivity index (χ2n) is 3.72. The van der Waals surface area contributed by atoms with Crippen LogP contribution in [-0.4, -0.2) is 10.8 Å². The van der Waals surface area contributed by atoms with E-state index in [0.717, 1.165) is 10.9 Å². The Bertz CT molecular complexity index is 666. The highest BCUT2D eigenvalue weighted by Gasteiger charge is 2.13. The number of ketones is 1. The van der Waals surface area contributed by atoms with Crippen LogP contribution in [0.2, 0.25) is 0 Å². The molecule has 3 heteroatoms. The highest BCUT2D eigenvalue weighted by molar-refractivity contribution is 6.15. The van der Waals surface area contributed by atoms with E-state index in [2.05, 4.69) is 4.98 Å². The summed E-state index contributed by atoms with van der Waals surface area (Å²) in [6.45, 7) is 0. The summed E-state index contributed by atoms with van der Waals surface area (Å²) in [5.41, 5.74) is 2.03. The minimum atomic E-state index is -0.0441. The number of benzene rings is 1. The number of aromatic nitrogens is 1. The molecule has 0 fully saturated rings. The lowest BCUT2D eigenvalue weighted by molar-refractivity contribution is 0.103. The molecule has 17 heavy (non-hydrogen) atoms. The molecule has 0 unspecified atom stereocenters. The van der Waals surface area contributed by atoms with Gasteiger partial charge < -0.3 is 4.42 Å². The van der Waals surface area contributed by atoms with Crippen LogP contribution in [0.5, 0.6) is 0 Å². The fourth-order valence-electron chi connectivity index (χ4n) is 1.85. The Morgan fingerprint density at radius 2 is 2.06 bits per heavy atom. The number of furan rings is 1. The summed E-state index contributed by atoms with van der Waals surface area (Å²) in [6, 6.07) is 10.9. The van der Waals surface area contributed by atoms with Gasteiger partial charge in [0.05, 0.1) is 17.3 Å². The van der Waals surface area contributed by atoms with Crippen molar-refractivity contribution in [2.45, 2.75) is 0 Å². The van der Waals surface area contributed by atoms with Gasteiger partial charge in [-0.05, 0) is 18.2 Å². The fraction of sp³-hybridized carbons (Fsp3) is 0. The molecule has 0 amide bonds. The molecule has 1 aromatic carbocycles. The van der Waals surface area contributed by atoms with Crippen molar-refractivity contribution in [2.75, 3.05) is 0 Å². The van der Waals surface area contributed by atoms with Crippen LogP contribution in [0.25, 0.3) is 10.9 Å². The zero-order chi connectivity index (χ0) is 11.7. The molecule has 3 nitrogen and oxygen atoms in total. The third-order valence-electron chi connectivity index (χ3n) is 2.67. The van der Waals surface area contributed by atoms with Gasteiger partial charge in [0, 0.05) is 17.1 Å². The molecule has 0 aliphatic rings. The van der Waals surface area contributed by atoms with Gasteiger partial charge in [0.25, 0.3) is 0 Å². The van der Waals surface area contributed by atoms with Crippen LogP contribution in [0.4, 0.5) is 0 Å². The molecule has 0 aliphatic carbocycles. The van der Waals surface area contributed by atoms with Gasteiger partial charge in [-0.2, -0.15) is 0 Å². The van der Waals surface area contributed by atoms with Crippen molar-refractivity contribution >= 4 is 16.7 Å². The number of rotatable bonds is 2. The zero-order valence-electron chi connectivity index (χ0n) is 8.96. The summed E-state index contributed by atoms with van der Waals surface area (Å²) >= 11 is 0. The summed E-state index contributed by atoms with van der Waals surface area (Å²) < 4.78 is 4.93. The van der Waals surface area contributed by atoms with Gasteiger partial charge in [0.15, 0.2) is 5.78 Å². The average molecular weight is 223 g/mol. The van der Waals surface area contributed by atoms with Crippen molar-refractivity contribution in [3.05, 3.63) is 66.2 Å². The van der Waals surface area contributed by atoms with Crippen LogP contribution < -0.4 is 0 Å². The van der Waals surface area contributed by atoms with Crippen LogP contribution in [0.3, 0.4) is 0 Å². The summed E-state index contributed by atoms with van der Waals surface area (Å²) in [7, 11) is 0. The number of nitrogens with zero attached hydrogens (tertiary/aromatic N) is 1. The highest BCUT2D eigenvalue weighted by atomic mass is 16.3. The molecule has 0 aliphatic heterocycles. The van der Waals surface area contributed by atoms with E-state index in [1.807, 2.05) is 24.3 Å². The molecule has 82 valence electrons. The van der Waals surface area contributed by atoms with E-state index in [0.29, 0.717) is 11.1 Å². The number of hydrogen-bond acceptors (Lipinski definition) is 3. The van der Waals surface area contributed by atoms with Gasteiger partial charge in [-0.25, -0.2) is 0 Å². The molecule has 3 aromatic rings. The Morgan fingerprint density at radius 1 is 1.12 bits per heavy atom. The highest BCUT2D eigenvalue weighted by Crippen LogP contribution is 2.19. The topological polar surface area (TPSA) is 43.1 Å². The predicted octanol–water partition coefficient (Wildman–Crippen LogP) is 3.06. The Kier molecular flexibility index (Phi) is 2.22. The van der Waals surface area contributed by atoms with Gasteiger partial charge in [0.1, 0.15) is 6.26 Å². The van der Waals surface area contributed by atoms with E-state index in [9.17, 15) is 4.79 Å². The first-order valence-corrected chi connectivity index (χ1v) is 5.27. The van der Waals surface area contributed by atoms with Crippen molar-refractivity contribution in [2.24, 2.45) is 0 Å². The number of pyridine rings is 1. The van der Waals surface area contributed by atoms with Gasteiger partial charge in [-0.3, -0.25) is 9.78 Å². The summed E-state index contributed by atoms with van der Waals surface area (Å²) in [5.74, 6) is -0.0441. The van der Waals surface area contributed by atoms with Crippen LogP contribution >= 0.6 is 0 Å². The Labute approximate surface area is 97.7 Å². The molecule has 0 N–H and O–H groups in total. The quantitative estimate of drug-likeness (QED) is 0.627. The SMILES string of the molecule is O=C(c1ccoc1)c1cccc2ncccc12. The second kappa shape index (κ2) is 3.87. The number of carbonyl (C=O) groups excluding carboxylic acids is 1. The fourth-order valence-corrected chi connectivity index (χ4v) is 1.85. The van der Waals surface area contributed by atoms with Gasteiger partial charge in [-0.15, -0.1) is 0 Å². The Hall–Kier alpha value is -2.42. The molecule has 0 saturated carbocycles. The van der Waals surface area contributed by atoms with Gasteiger partial charge >= 0.3 is 0 Å². The molecular weight excluding hydrogens is 214 g/mol. The summed E-state index contributed by atoms with van der Waals surface area (Å²) in [5, 5.41) is 0.862. The monoisotopic (exact) mass is 223 g/mol. The second-order valence-corrected chi connectivity index (χ2v) is 3.72. The van der Waals surface area contributed by atoms with E-state index in [4.69, 9.17) is 4.42 Å². The Morgan fingerprint density at radius 3 is 2.88 bits per heavy atom. The van der Waals surface area contributed by atoms with Crippen molar-refractivity contribution in [1.29, 1.82) is 0 Å². The molecule has 2 heterocycles. The van der Waals surface area contributed by atoms with Crippen molar-refractivity contribution < 1.29 is 9.21 Å². The number of hydrogen-bond donors (Lipinski definition) is 0. The maximum Gasteiger partial charge on any atom is 0.196 e. The van der Waals surface area contributed by atoms with E-state index in [-0.39, 0.29) is 5.78 Å². The zero-order valence-corrected chi connectivity index (χ0v) is 8.96. The van der Waals surface area contributed by atoms with Crippen LogP contribution in [0.1, 0.15) is 15.9 Å². The summed E-state index contributed by atoms with van der Waals surface area (Å²) in [6.07, 6.45) is 4.67. The van der Waals surface area contributed by atoms with Gasteiger partial charge in [-0.1, -0.05) is 18.2 Å². The normalized spacial score (nSPS) is 10.6. The average Bonchev–Trinajstić information content (AvgIpc) is 2.91. The van der Waals surface area contributed by atoms with Crippen molar-refractivity contribution in [3.63, 3.8) is 0 Å². The first-order valence-electron chi connectivity index (χ1n) is 5.27. The minimum absolute atomic E-state index is 0.0441. The first kappa shape index (κ1) is 9.78. The summed E-state index contributed by atoms with van der Waals surface area (Å²) in [4.78, 5) is 16.5. The molecule has 0 radical (unpaired) electrons. The molecular formula is C14H9NO2. The van der Waals surface area contributed by atoms with E-state index in [1.165, 1.54) is 12.5 Å². The van der Waals surface area contributed by atoms with E-state index in [1.54, 1.807) is 18.3 Å². The third kappa shape index (κ3) is 1.61. The maximum atomic E-state index is 12.2. The smallest absolute Gasteiger partial charge is 0.196 e. The van der Waals surface area contributed by atoms with Gasteiger partial charge in [0.2, 0.25) is 0 Å². The number of carbonyl (C=O) groups is 1. The predicted molar refractivity (Wildman–Crippen MR) is 63.9 cm³/mol. The largest absolute Gasteiger partial charge is 0.472 e. The first-order chi connectivity index (χ1) is 8.36.